The fourth-order valence-corrected chi connectivity index (χ4v) is 4.28. The molecule has 0 bridgehead atoms. The monoisotopic (exact) mass is 502 g/mol. The van der Waals surface area contributed by atoms with Crippen LogP contribution < -0.4 is 29.4 Å². The first-order chi connectivity index (χ1) is 17.8. The number of amides is 1. The lowest BCUT2D eigenvalue weighted by atomic mass is 10.1. The fraction of sp³-hybridized carbons (Fsp3) is 0.241. The Morgan fingerprint density at radius 2 is 1.54 bits per heavy atom. The average molecular weight is 503 g/mol. The SMILES string of the molecule is COc1ccc2[nH]c(=O)c(CN(C(=O)c3cc(OC)c(OC)c(OC)c3)c3cc(C)ccc3C)cc2c1. The number of carbonyl (C=O) groups excluding carboxylic acids is 1. The lowest BCUT2D eigenvalue weighted by molar-refractivity contribution is 0.0984. The van der Waals surface area contributed by atoms with E-state index in [-0.39, 0.29) is 18.0 Å². The van der Waals surface area contributed by atoms with Gasteiger partial charge in [-0.15, -0.1) is 0 Å². The second kappa shape index (κ2) is 10.7. The number of aryl methyl sites for hydroxylation is 2. The number of carbonyl (C=O) groups is 1. The maximum absolute atomic E-state index is 14.1. The summed E-state index contributed by atoms with van der Waals surface area (Å²) in [7, 11) is 6.09. The highest BCUT2D eigenvalue weighted by Crippen LogP contribution is 2.39. The van der Waals surface area contributed by atoms with Gasteiger partial charge < -0.3 is 28.8 Å². The quantitative estimate of drug-likeness (QED) is 0.364. The number of pyridine rings is 1. The molecule has 0 fully saturated rings. The molecule has 1 heterocycles. The molecule has 0 aliphatic rings. The zero-order valence-electron chi connectivity index (χ0n) is 21.8. The first kappa shape index (κ1) is 25.6. The van der Waals surface area contributed by atoms with Gasteiger partial charge in [0.25, 0.3) is 11.5 Å². The first-order valence-electron chi connectivity index (χ1n) is 11.7. The zero-order valence-corrected chi connectivity index (χ0v) is 21.8. The van der Waals surface area contributed by atoms with Crippen LogP contribution in [0.3, 0.4) is 0 Å². The van der Waals surface area contributed by atoms with E-state index in [9.17, 15) is 9.59 Å². The zero-order chi connectivity index (χ0) is 26.7. The molecule has 37 heavy (non-hydrogen) atoms. The summed E-state index contributed by atoms with van der Waals surface area (Å²) < 4.78 is 21.7. The maximum atomic E-state index is 14.1. The van der Waals surface area contributed by atoms with Crippen molar-refractivity contribution >= 4 is 22.5 Å². The minimum absolute atomic E-state index is 0.0439. The van der Waals surface area contributed by atoms with E-state index in [2.05, 4.69) is 4.98 Å². The van der Waals surface area contributed by atoms with Gasteiger partial charge in [-0.25, -0.2) is 0 Å². The largest absolute Gasteiger partial charge is 0.497 e. The molecule has 0 radical (unpaired) electrons. The molecule has 4 rings (SSSR count). The van der Waals surface area contributed by atoms with Crippen LogP contribution in [0.2, 0.25) is 0 Å². The van der Waals surface area contributed by atoms with Crippen LogP contribution in [0, 0.1) is 13.8 Å². The number of ether oxygens (including phenoxy) is 4. The summed E-state index contributed by atoms with van der Waals surface area (Å²) in [6, 6.07) is 16.3. The number of methoxy groups -OCH3 is 4. The predicted octanol–water partition coefficient (Wildman–Crippen LogP) is 5.03. The summed E-state index contributed by atoms with van der Waals surface area (Å²) in [4.78, 5) is 31.6. The standard InChI is InChI=1S/C29H30N2O6/c1-17-7-8-18(2)24(11-17)31(29(33)20-14-25(35-4)27(37-6)26(15-20)36-5)16-21-12-19-13-22(34-3)9-10-23(19)30-28(21)32/h7-15H,16H2,1-6H3,(H,30,32). The molecular weight excluding hydrogens is 472 g/mol. The number of H-pyrrole nitrogens is 1. The van der Waals surface area contributed by atoms with Crippen molar-refractivity contribution < 1.29 is 23.7 Å². The van der Waals surface area contributed by atoms with Gasteiger partial charge in [-0.05, 0) is 67.4 Å². The second-order valence-corrected chi connectivity index (χ2v) is 8.67. The predicted molar refractivity (Wildman–Crippen MR) is 144 cm³/mol. The third-order valence-electron chi connectivity index (χ3n) is 6.27. The summed E-state index contributed by atoms with van der Waals surface area (Å²) >= 11 is 0. The minimum Gasteiger partial charge on any atom is -0.497 e. The number of aromatic nitrogens is 1. The summed E-state index contributed by atoms with van der Waals surface area (Å²) in [5.41, 5.74) is 3.75. The van der Waals surface area contributed by atoms with E-state index in [0.717, 1.165) is 16.5 Å². The average Bonchev–Trinajstić information content (AvgIpc) is 2.91. The number of hydrogen-bond acceptors (Lipinski definition) is 6. The summed E-state index contributed by atoms with van der Waals surface area (Å²) in [5, 5.41) is 0.801. The number of fused-ring (bicyclic) bond motifs is 1. The van der Waals surface area contributed by atoms with Crippen molar-refractivity contribution in [2.75, 3.05) is 33.3 Å². The lowest BCUT2D eigenvalue weighted by Gasteiger charge is -2.26. The van der Waals surface area contributed by atoms with Gasteiger partial charge in [-0.3, -0.25) is 9.59 Å². The molecule has 192 valence electrons. The van der Waals surface area contributed by atoms with Crippen molar-refractivity contribution in [2.24, 2.45) is 0 Å². The van der Waals surface area contributed by atoms with Crippen LogP contribution in [0.15, 0.2) is 59.4 Å². The van der Waals surface area contributed by atoms with Crippen LogP contribution in [0.25, 0.3) is 10.9 Å². The van der Waals surface area contributed by atoms with Crippen LogP contribution in [0.5, 0.6) is 23.0 Å². The van der Waals surface area contributed by atoms with Gasteiger partial charge in [-0.1, -0.05) is 12.1 Å². The Balaban J connectivity index is 1.87. The lowest BCUT2D eigenvalue weighted by Crippen LogP contribution is -2.33. The Morgan fingerprint density at radius 1 is 0.838 bits per heavy atom. The Labute approximate surface area is 215 Å². The first-order valence-corrected chi connectivity index (χ1v) is 11.7. The number of benzene rings is 3. The Hall–Kier alpha value is -4.46. The van der Waals surface area contributed by atoms with E-state index in [1.807, 2.05) is 38.1 Å². The second-order valence-electron chi connectivity index (χ2n) is 8.67. The topological polar surface area (TPSA) is 90.1 Å². The number of nitrogens with zero attached hydrogens (tertiary/aromatic N) is 1. The van der Waals surface area contributed by atoms with E-state index in [1.54, 1.807) is 42.3 Å². The molecular formula is C29H30N2O6. The van der Waals surface area contributed by atoms with Gasteiger partial charge in [0.2, 0.25) is 5.75 Å². The Bertz CT molecular complexity index is 1500. The van der Waals surface area contributed by atoms with E-state index in [4.69, 9.17) is 18.9 Å². The Kier molecular flexibility index (Phi) is 7.38. The van der Waals surface area contributed by atoms with E-state index >= 15 is 0 Å². The van der Waals surface area contributed by atoms with Crippen molar-refractivity contribution in [1.29, 1.82) is 0 Å². The van der Waals surface area contributed by atoms with Gasteiger partial charge in [0, 0.05) is 27.7 Å². The molecule has 1 aromatic heterocycles. The third kappa shape index (κ3) is 5.09. The molecule has 0 aliphatic heterocycles. The molecule has 0 saturated heterocycles. The van der Waals surface area contributed by atoms with Gasteiger partial charge in [0.1, 0.15) is 5.75 Å². The highest BCUT2D eigenvalue weighted by atomic mass is 16.5. The number of anilines is 1. The van der Waals surface area contributed by atoms with Crippen LogP contribution in [-0.4, -0.2) is 39.3 Å². The van der Waals surface area contributed by atoms with Gasteiger partial charge >= 0.3 is 0 Å². The van der Waals surface area contributed by atoms with E-state index in [1.165, 1.54) is 21.3 Å². The number of rotatable bonds is 8. The molecule has 8 heteroatoms. The van der Waals surface area contributed by atoms with Gasteiger partial charge in [0.15, 0.2) is 11.5 Å². The molecule has 0 unspecified atom stereocenters. The molecule has 3 aromatic carbocycles. The van der Waals surface area contributed by atoms with Crippen LogP contribution in [-0.2, 0) is 6.54 Å². The summed E-state index contributed by atoms with van der Waals surface area (Å²) in [5.74, 6) is 1.46. The maximum Gasteiger partial charge on any atom is 0.258 e. The fourth-order valence-electron chi connectivity index (χ4n) is 4.28. The molecule has 1 amide bonds. The van der Waals surface area contributed by atoms with Crippen molar-refractivity contribution in [3.05, 3.63) is 87.2 Å². The van der Waals surface area contributed by atoms with Crippen LogP contribution in [0.4, 0.5) is 5.69 Å². The summed E-state index contributed by atoms with van der Waals surface area (Å²) in [6.45, 7) is 3.93. The molecule has 0 spiro atoms. The number of nitrogens with one attached hydrogen (secondary N) is 1. The molecule has 0 atom stereocenters. The van der Waals surface area contributed by atoms with Crippen LogP contribution in [0.1, 0.15) is 27.0 Å². The van der Waals surface area contributed by atoms with Crippen LogP contribution >= 0.6 is 0 Å². The molecule has 8 nitrogen and oxygen atoms in total. The molecule has 1 N–H and O–H groups in total. The highest BCUT2D eigenvalue weighted by Gasteiger charge is 2.25. The number of hydrogen-bond donors (Lipinski definition) is 1. The molecule has 0 aliphatic carbocycles. The van der Waals surface area contributed by atoms with E-state index < -0.39 is 0 Å². The normalized spacial score (nSPS) is 10.8. The highest BCUT2D eigenvalue weighted by molar-refractivity contribution is 6.07. The van der Waals surface area contributed by atoms with E-state index in [0.29, 0.717) is 45.3 Å². The van der Waals surface area contributed by atoms with Crippen molar-refractivity contribution in [3.8, 4) is 23.0 Å². The van der Waals surface area contributed by atoms with Crippen molar-refractivity contribution in [1.82, 2.24) is 4.98 Å². The van der Waals surface area contributed by atoms with Gasteiger partial charge in [-0.2, -0.15) is 0 Å². The van der Waals surface area contributed by atoms with Crippen molar-refractivity contribution in [3.63, 3.8) is 0 Å². The molecule has 4 aromatic rings. The molecule has 0 saturated carbocycles. The third-order valence-corrected chi connectivity index (χ3v) is 6.27. The Morgan fingerprint density at radius 3 is 2.16 bits per heavy atom. The van der Waals surface area contributed by atoms with Crippen molar-refractivity contribution in [2.45, 2.75) is 20.4 Å². The summed E-state index contributed by atoms with van der Waals surface area (Å²) in [6.07, 6.45) is 0. The smallest absolute Gasteiger partial charge is 0.258 e. The number of aromatic amines is 1. The minimum atomic E-state index is -0.321. The van der Waals surface area contributed by atoms with Gasteiger partial charge in [0.05, 0.1) is 35.0 Å².